The minimum Gasteiger partial charge on any atom is -0.487 e. The smallest absolute Gasteiger partial charge is 0.251 e. The highest BCUT2D eigenvalue weighted by Gasteiger charge is 2.13. The molecular weight excluding hydrogens is 454 g/mol. The summed E-state index contributed by atoms with van der Waals surface area (Å²) in [5, 5.41) is 3.03. The first kappa shape index (κ1) is 23.8. The van der Waals surface area contributed by atoms with Gasteiger partial charge in [-0.15, -0.1) is 0 Å². The molecule has 2 aromatic heterocycles. The summed E-state index contributed by atoms with van der Waals surface area (Å²) in [4.78, 5) is 23.7. The molecule has 1 atom stereocenters. The Hall–Kier alpha value is -3.91. The Labute approximate surface area is 210 Å². The van der Waals surface area contributed by atoms with Crippen LogP contribution in [0.15, 0.2) is 73.2 Å². The topological polar surface area (TPSA) is 81.5 Å². The predicted octanol–water partition coefficient (Wildman–Crippen LogP) is 4.09. The molecule has 0 bridgehead atoms. The van der Waals surface area contributed by atoms with Gasteiger partial charge in [-0.2, -0.15) is 0 Å². The molecule has 8 heteroatoms. The van der Waals surface area contributed by atoms with Crippen molar-refractivity contribution in [2.45, 2.75) is 25.9 Å². The number of carbonyl (C=O) groups is 1. The van der Waals surface area contributed by atoms with E-state index in [9.17, 15) is 4.79 Å². The Morgan fingerprint density at radius 2 is 1.89 bits per heavy atom. The number of hydrogen-bond donors (Lipinski definition) is 1. The van der Waals surface area contributed by atoms with Gasteiger partial charge in [0.2, 0.25) is 5.88 Å². The van der Waals surface area contributed by atoms with Crippen LogP contribution in [0.3, 0.4) is 0 Å². The van der Waals surface area contributed by atoms with E-state index >= 15 is 0 Å². The molecule has 1 fully saturated rings. The van der Waals surface area contributed by atoms with Crippen LogP contribution < -0.4 is 14.8 Å². The zero-order valence-corrected chi connectivity index (χ0v) is 20.5. The molecule has 0 radical (unpaired) electrons. The standard InChI is InChI=1S/C28H31N5O3/c1-21(19-35-27-6-2-3-13-29-27)36-24-10-8-23(9-11-24)33-20-31-25-18-22(7-12-26(25)33)28(34)30-14-17-32-15-4-5-16-32/h2-3,6-13,18,20-21H,4-5,14-17,19H2,1H3,(H,30,34). The maximum Gasteiger partial charge on any atom is 0.251 e. The Balaban J connectivity index is 1.18. The van der Waals surface area contributed by atoms with Crippen molar-refractivity contribution in [1.29, 1.82) is 0 Å². The van der Waals surface area contributed by atoms with Gasteiger partial charge in [0.1, 0.15) is 24.8 Å². The number of fused-ring (bicyclic) bond motifs is 1. The van der Waals surface area contributed by atoms with Crippen molar-refractivity contribution in [2.24, 2.45) is 0 Å². The maximum atomic E-state index is 12.6. The fourth-order valence-corrected chi connectivity index (χ4v) is 4.38. The van der Waals surface area contributed by atoms with E-state index in [0.29, 0.717) is 24.6 Å². The molecule has 0 spiro atoms. The van der Waals surface area contributed by atoms with Gasteiger partial charge in [-0.1, -0.05) is 6.07 Å². The van der Waals surface area contributed by atoms with Crippen LogP contribution >= 0.6 is 0 Å². The van der Waals surface area contributed by atoms with Gasteiger partial charge in [0.05, 0.1) is 11.0 Å². The van der Waals surface area contributed by atoms with Gasteiger partial charge in [0, 0.05) is 36.6 Å². The average Bonchev–Trinajstić information content (AvgIpc) is 3.58. The van der Waals surface area contributed by atoms with Crippen molar-refractivity contribution in [3.05, 3.63) is 78.8 Å². The second kappa shape index (κ2) is 11.2. The SMILES string of the molecule is CC(COc1ccccn1)Oc1ccc(-n2cnc3cc(C(=O)NCCN4CCCC4)ccc32)cc1. The Bertz CT molecular complexity index is 1280. The third kappa shape index (κ3) is 5.83. The minimum absolute atomic E-state index is 0.0618. The van der Waals surface area contributed by atoms with Gasteiger partial charge >= 0.3 is 0 Å². The van der Waals surface area contributed by atoms with Crippen LogP contribution in [0.2, 0.25) is 0 Å². The van der Waals surface area contributed by atoms with Crippen LogP contribution in [0.4, 0.5) is 0 Å². The normalized spacial score (nSPS) is 14.6. The van der Waals surface area contributed by atoms with E-state index in [2.05, 4.69) is 20.2 Å². The first-order valence-electron chi connectivity index (χ1n) is 12.4. The lowest BCUT2D eigenvalue weighted by atomic mass is 10.2. The Morgan fingerprint density at radius 3 is 2.67 bits per heavy atom. The molecule has 1 amide bonds. The zero-order chi connectivity index (χ0) is 24.7. The highest BCUT2D eigenvalue weighted by Crippen LogP contribution is 2.22. The van der Waals surface area contributed by atoms with E-state index < -0.39 is 0 Å². The van der Waals surface area contributed by atoms with Crippen molar-refractivity contribution in [3.8, 4) is 17.3 Å². The van der Waals surface area contributed by atoms with Gasteiger partial charge in [-0.05, 0) is 81.4 Å². The summed E-state index contributed by atoms with van der Waals surface area (Å²) in [5.41, 5.74) is 3.31. The molecule has 1 N–H and O–H groups in total. The highest BCUT2D eigenvalue weighted by atomic mass is 16.5. The molecule has 4 aromatic rings. The van der Waals surface area contributed by atoms with E-state index in [1.54, 1.807) is 12.5 Å². The van der Waals surface area contributed by atoms with Crippen LogP contribution in [0.5, 0.6) is 11.6 Å². The Morgan fingerprint density at radius 1 is 1.06 bits per heavy atom. The van der Waals surface area contributed by atoms with Crippen LogP contribution in [0, 0.1) is 0 Å². The summed E-state index contributed by atoms with van der Waals surface area (Å²) in [5.74, 6) is 1.28. The average molecular weight is 486 g/mol. The number of benzene rings is 2. The first-order valence-corrected chi connectivity index (χ1v) is 12.4. The number of likely N-dealkylation sites (tertiary alicyclic amines) is 1. The van der Waals surface area contributed by atoms with Gasteiger partial charge in [0.15, 0.2) is 0 Å². The van der Waals surface area contributed by atoms with E-state index in [1.807, 2.05) is 72.2 Å². The Kier molecular flexibility index (Phi) is 7.42. The summed E-state index contributed by atoms with van der Waals surface area (Å²) in [6, 6.07) is 19.0. The number of aromatic nitrogens is 3. The number of nitrogens with one attached hydrogen (secondary N) is 1. The zero-order valence-electron chi connectivity index (χ0n) is 20.5. The van der Waals surface area contributed by atoms with Crippen molar-refractivity contribution >= 4 is 16.9 Å². The number of ether oxygens (including phenoxy) is 2. The molecule has 5 rings (SSSR count). The highest BCUT2D eigenvalue weighted by molar-refractivity contribution is 5.97. The van der Waals surface area contributed by atoms with E-state index in [0.717, 1.165) is 42.1 Å². The van der Waals surface area contributed by atoms with Gasteiger partial charge in [-0.3, -0.25) is 9.36 Å². The van der Waals surface area contributed by atoms with Crippen molar-refractivity contribution in [1.82, 2.24) is 24.8 Å². The summed E-state index contributed by atoms with van der Waals surface area (Å²) in [6.45, 7) is 6.18. The lowest BCUT2D eigenvalue weighted by Crippen LogP contribution is -2.33. The molecule has 1 saturated heterocycles. The molecule has 8 nitrogen and oxygen atoms in total. The van der Waals surface area contributed by atoms with Gasteiger partial charge in [0.25, 0.3) is 5.91 Å². The number of rotatable bonds is 10. The number of nitrogens with zero attached hydrogens (tertiary/aromatic N) is 4. The summed E-state index contributed by atoms with van der Waals surface area (Å²) in [6.07, 6.45) is 5.85. The minimum atomic E-state index is -0.133. The fourth-order valence-electron chi connectivity index (χ4n) is 4.38. The van der Waals surface area contributed by atoms with Gasteiger partial charge in [-0.25, -0.2) is 9.97 Å². The third-order valence-corrected chi connectivity index (χ3v) is 6.28. The van der Waals surface area contributed by atoms with E-state index in [1.165, 1.54) is 12.8 Å². The van der Waals surface area contributed by atoms with Crippen molar-refractivity contribution in [2.75, 3.05) is 32.8 Å². The lowest BCUT2D eigenvalue weighted by Gasteiger charge is -2.15. The molecule has 1 aliphatic heterocycles. The quantitative estimate of drug-likeness (QED) is 0.364. The first-order chi connectivity index (χ1) is 17.7. The monoisotopic (exact) mass is 485 g/mol. The molecule has 2 aromatic carbocycles. The molecule has 1 unspecified atom stereocenters. The summed E-state index contributed by atoms with van der Waals surface area (Å²) in [7, 11) is 0. The third-order valence-electron chi connectivity index (χ3n) is 6.28. The summed E-state index contributed by atoms with van der Waals surface area (Å²) >= 11 is 0. The number of carbonyl (C=O) groups excluding carboxylic acids is 1. The fraction of sp³-hybridized carbons (Fsp3) is 0.321. The molecule has 0 aliphatic carbocycles. The van der Waals surface area contributed by atoms with Crippen molar-refractivity contribution in [3.63, 3.8) is 0 Å². The van der Waals surface area contributed by atoms with Crippen LogP contribution in [0.1, 0.15) is 30.1 Å². The molecule has 0 saturated carbocycles. The number of imidazole rings is 1. The summed E-state index contributed by atoms with van der Waals surface area (Å²) < 4.78 is 13.6. The largest absolute Gasteiger partial charge is 0.487 e. The lowest BCUT2D eigenvalue weighted by molar-refractivity contribution is 0.0950. The molecule has 36 heavy (non-hydrogen) atoms. The van der Waals surface area contributed by atoms with Crippen LogP contribution in [-0.4, -0.2) is 64.2 Å². The molecule has 1 aliphatic rings. The number of pyridine rings is 1. The second-order valence-electron chi connectivity index (χ2n) is 9.02. The second-order valence-corrected chi connectivity index (χ2v) is 9.02. The van der Waals surface area contributed by atoms with Crippen molar-refractivity contribution < 1.29 is 14.3 Å². The predicted molar refractivity (Wildman–Crippen MR) is 139 cm³/mol. The molecule has 3 heterocycles. The van der Waals surface area contributed by atoms with Crippen LogP contribution in [-0.2, 0) is 0 Å². The number of amides is 1. The molecule has 186 valence electrons. The van der Waals surface area contributed by atoms with E-state index in [4.69, 9.17) is 9.47 Å². The van der Waals surface area contributed by atoms with Gasteiger partial charge < -0.3 is 19.7 Å². The van der Waals surface area contributed by atoms with E-state index in [-0.39, 0.29) is 12.0 Å². The molecular formula is C28H31N5O3. The maximum absolute atomic E-state index is 12.6. The van der Waals surface area contributed by atoms with Crippen LogP contribution in [0.25, 0.3) is 16.7 Å². The number of hydrogen-bond acceptors (Lipinski definition) is 6.